The van der Waals surface area contributed by atoms with Crippen molar-refractivity contribution in [2.75, 3.05) is 5.90 Å². The maximum atomic E-state index is 7.46. The Morgan fingerprint density at radius 2 is 0.590 bits per heavy atom. The van der Waals surface area contributed by atoms with E-state index in [-0.39, 0.29) is 60.6 Å². The third-order valence-electron chi connectivity index (χ3n) is 14.7. The first-order chi connectivity index (χ1) is 29.2. The largest absolute Gasteiger partial charge is 1.00 e. The summed E-state index contributed by atoms with van der Waals surface area (Å²) in [6.07, 6.45) is 47.0. The fraction of sp³-hybridized carbons (Fsp3) is 0.439. The first kappa shape index (κ1) is 48.3. The molecule has 10 rings (SSSR count). The van der Waals surface area contributed by atoms with Gasteiger partial charge in [-0.05, 0) is 136 Å². The third kappa shape index (κ3) is 12.1. The Morgan fingerprint density at radius 1 is 0.361 bits per heavy atom. The molecule has 0 N–H and O–H groups in total. The van der Waals surface area contributed by atoms with Gasteiger partial charge in [-0.2, -0.15) is 0 Å². The smallest absolute Gasteiger partial charge is 0.366 e. The molecule has 0 radical (unpaired) electrons. The van der Waals surface area contributed by atoms with Crippen LogP contribution >= 0.6 is 15.8 Å². The van der Waals surface area contributed by atoms with Crippen molar-refractivity contribution in [2.24, 2.45) is 0 Å². The average Bonchev–Trinajstić information content (AvgIpc) is 3.32. The fourth-order valence-corrected chi connectivity index (χ4v) is 24.1. The molecule has 4 heteroatoms. The van der Waals surface area contributed by atoms with Gasteiger partial charge in [0, 0.05) is 15.8 Å². The summed E-state index contributed by atoms with van der Waals surface area (Å²) >= 11 is 0. The van der Waals surface area contributed by atoms with Gasteiger partial charge < -0.3 is 12.8 Å². The van der Waals surface area contributed by atoms with E-state index in [1.165, 1.54) is 22.6 Å². The van der Waals surface area contributed by atoms with E-state index in [0.29, 0.717) is 0 Å². The van der Waals surface area contributed by atoms with E-state index in [9.17, 15) is 0 Å². The molecular weight excluding hydrogens is 1140 g/mol. The van der Waals surface area contributed by atoms with Crippen LogP contribution in [-0.2, 0) is 44.8 Å². The maximum absolute atomic E-state index is 7.46. The molecule has 4 fully saturated rings. The van der Waals surface area contributed by atoms with Crippen molar-refractivity contribution < 1.29 is 44.8 Å². The van der Waals surface area contributed by atoms with Crippen molar-refractivity contribution in [3.05, 3.63) is 133 Å². The molecular formula is C57H66Au2P2+2. The van der Waals surface area contributed by atoms with Gasteiger partial charge in [0.1, 0.15) is 0 Å². The Kier molecular flexibility index (Phi) is 19.6. The van der Waals surface area contributed by atoms with Gasteiger partial charge in [0.05, 0.1) is 22.6 Å². The molecule has 6 aromatic carbocycles. The summed E-state index contributed by atoms with van der Waals surface area (Å²) < 4.78 is 0. The molecule has 0 unspecified atom stereocenters. The number of hydrogen-bond acceptors (Lipinski definition) is 0. The standard InChI is InChI=1S/C25H46P2.2C16H9.2Au/c1-5-13-22(14-6-1)26(23-15-7-2-8-16-23)21-27(24-17-9-3-10-18-24)25-19-11-4-12-20-25;2*1-2-14-15-9-5-3-7-12(15)11-13-8-4-6-10-16(13)14;;/h22-25H,1-21H2;2*3-11H;;/q;2*-1;2*+1/p+2. The minimum absolute atomic E-state index is 0. The summed E-state index contributed by atoms with van der Waals surface area (Å²) in [6.45, 7) is 0. The molecule has 0 aliphatic heterocycles. The minimum Gasteiger partial charge on any atom is -0.366 e. The number of hydrogen-bond donors (Lipinski definition) is 0. The van der Waals surface area contributed by atoms with E-state index in [2.05, 4.69) is 48.2 Å². The molecule has 0 spiro atoms. The van der Waals surface area contributed by atoms with Crippen LogP contribution in [0.1, 0.15) is 140 Å². The second-order valence-electron chi connectivity index (χ2n) is 18.3. The molecule has 0 amide bonds. The Hall–Kier alpha value is -2.18. The number of fused-ring (bicyclic) bond motifs is 4. The van der Waals surface area contributed by atoms with Crippen LogP contribution in [0.2, 0.25) is 0 Å². The van der Waals surface area contributed by atoms with Crippen molar-refractivity contribution in [2.45, 2.75) is 151 Å². The molecule has 0 saturated heterocycles. The van der Waals surface area contributed by atoms with Crippen LogP contribution in [0.25, 0.3) is 43.1 Å². The van der Waals surface area contributed by atoms with Crippen LogP contribution in [0.3, 0.4) is 0 Å². The van der Waals surface area contributed by atoms with Crippen LogP contribution in [-0.4, -0.2) is 28.5 Å². The predicted molar refractivity (Wildman–Crippen MR) is 264 cm³/mol. The fourth-order valence-electron chi connectivity index (χ4n) is 11.7. The SMILES string of the molecule is C1CCC([PH+](C[PH+](C2CCCCC2)C2CCCCC2)C2CCCCC2)CC1.[Au+].[Au+].[C-]#Cc1c2ccccc2cc2ccccc12.[C-]#Cc1c2ccccc2cc2ccccc12. The van der Waals surface area contributed by atoms with Gasteiger partial charge in [-0.25, -0.2) is 0 Å². The Labute approximate surface area is 402 Å². The summed E-state index contributed by atoms with van der Waals surface area (Å²) in [6, 6.07) is 36.8. The zero-order valence-corrected chi connectivity index (χ0v) is 42.5. The topological polar surface area (TPSA) is 0 Å². The number of rotatable bonds is 6. The minimum atomic E-state index is -0.0959. The monoisotopic (exact) mass is 1210 g/mol. The molecule has 0 heterocycles. The van der Waals surface area contributed by atoms with Crippen molar-refractivity contribution in [3.8, 4) is 11.8 Å². The Balaban J connectivity index is 0.000000159. The predicted octanol–water partition coefficient (Wildman–Crippen LogP) is 16.6. The van der Waals surface area contributed by atoms with Crippen molar-refractivity contribution in [1.29, 1.82) is 0 Å². The van der Waals surface area contributed by atoms with Crippen LogP contribution in [0.15, 0.2) is 109 Å². The van der Waals surface area contributed by atoms with E-state index in [4.69, 9.17) is 12.8 Å². The Bertz CT molecular complexity index is 2050. The van der Waals surface area contributed by atoms with Gasteiger partial charge in [0.2, 0.25) is 0 Å². The first-order valence-electron chi connectivity index (χ1n) is 23.6. The molecule has 4 aliphatic carbocycles. The molecule has 0 bridgehead atoms. The molecule has 4 saturated carbocycles. The van der Waals surface area contributed by atoms with Crippen LogP contribution < -0.4 is 0 Å². The van der Waals surface area contributed by atoms with E-state index in [1.54, 1.807) is 128 Å². The molecule has 0 nitrogen and oxygen atoms in total. The van der Waals surface area contributed by atoms with Crippen LogP contribution in [0, 0.1) is 24.7 Å². The van der Waals surface area contributed by atoms with E-state index < -0.39 is 0 Å². The number of benzene rings is 6. The van der Waals surface area contributed by atoms with Crippen molar-refractivity contribution >= 4 is 58.9 Å². The van der Waals surface area contributed by atoms with Gasteiger partial charge in [-0.15, -0.1) is 11.1 Å². The summed E-state index contributed by atoms with van der Waals surface area (Å²) in [5, 5.41) is 9.03. The summed E-state index contributed by atoms with van der Waals surface area (Å²) in [5.74, 6) is 6.99. The van der Waals surface area contributed by atoms with Crippen molar-refractivity contribution in [1.82, 2.24) is 0 Å². The average molecular weight is 1210 g/mol. The zero-order chi connectivity index (χ0) is 40.2. The normalized spacial score (nSPS) is 18.0. The van der Waals surface area contributed by atoms with Gasteiger partial charge in [-0.1, -0.05) is 144 Å². The quantitative estimate of drug-likeness (QED) is 0.0513. The second-order valence-corrected chi connectivity index (χ2v) is 25.3. The van der Waals surface area contributed by atoms with Gasteiger partial charge >= 0.3 is 44.8 Å². The molecule has 61 heavy (non-hydrogen) atoms. The van der Waals surface area contributed by atoms with Crippen LogP contribution in [0.4, 0.5) is 0 Å². The zero-order valence-electron chi connectivity index (χ0n) is 36.2. The second kappa shape index (κ2) is 24.8. The molecule has 4 aliphatic rings. The first-order valence-corrected chi connectivity index (χ1v) is 27.3. The molecule has 0 aromatic heterocycles. The summed E-state index contributed by atoms with van der Waals surface area (Å²) in [4.78, 5) is 0. The van der Waals surface area contributed by atoms with E-state index >= 15 is 0 Å². The van der Waals surface area contributed by atoms with E-state index in [0.717, 1.165) is 54.2 Å². The third-order valence-corrected chi connectivity index (χ3v) is 24.5. The molecule has 0 atom stereocenters. The van der Waals surface area contributed by atoms with Gasteiger partial charge in [-0.3, -0.25) is 11.8 Å². The van der Waals surface area contributed by atoms with Gasteiger partial charge in [0.25, 0.3) is 0 Å². The maximum Gasteiger partial charge on any atom is 1.00 e. The molecule has 6 aromatic rings. The van der Waals surface area contributed by atoms with Crippen molar-refractivity contribution in [3.63, 3.8) is 0 Å². The molecule has 324 valence electrons. The van der Waals surface area contributed by atoms with E-state index in [1.807, 2.05) is 78.7 Å². The van der Waals surface area contributed by atoms with Crippen LogP contribution in [0.5, 0.6) is 0 Å². The summed E-state index contributed by atoms with van der Waals surface area (Å²) in [5.41, 5.74) is 6.71. The summed E-state index contributed by atoms with van der Waals surface area (Å²) in [7, 11) is -0.192. The van der Waals surface area contributed by atoms with Gasteiger partial charge in [0.15, 0.2) is 5.90 Å². The Morgan fingerprint density at radius 3 is 0.820 bits per heavy atom.